The van der Waals surface area contributed by atoms with Gasteiger partial charge in [0.1, 0.15) is 13.2 Å². The molecule has 0 saturated carbocycles. The van der Waals surface area contributed by atoms with Crippen LogP contribution < -0.4 is 14.9 Å². The van der Waals surface area contributed by atoms with Crippen LogP contribution >= 0.6 is 0 Å². The number of rotatable bonds is 4. The lowest BCUT2D eigenvalue weighted by Crippen LogP contribution is -2.54. The normalized spacial score (nSPS) is 17.0. The molecule has 146 valence electrons. The predicted molar refractivity (Wildman–Crippen MR) is 104 cm³/mol. The average molecular weight is 381 g/mol. The maximum Gasteiger partial charge on any atom is 0.270 e. The third-order valence-electron chi connectivity index (χ3n) is 4.76. The third-order valence-corrected chi connectivity index (χ3v) is 4.76. The molecule has 0 saturated heterocycles. The molecule has 0 unspecified atom stereocenters. The number of benzene rings is 2. The predicted octanol–water partition coefficient (Wildman–Crippen LogP) is 3.10. The number of carbonyl (C=O) groups is 1. The highest BCUT2D eigenvalue weighted by Crippen LogP contribution is 2.36. The van der Waals surface area contributed by atoms with E-state index >= 15 is 0 Å². The summed E-state index contributed by atoms with van der Waals surface area (Å²) in [6.45, 7) is 6.67. The van der Waals surface area contributed by atoms with E-state index in [0.29, 0.717) is 42.5 Å². The van der Waals surface area contributed by atoms with Gasteiger partial charge in [-0.15, -0.1) is 0 Å². The Labute approximate surface area is 163 Å². The molecule has 0 radical (unpaired) electrons. The Balaban J connectivity index is 1.65. The van der Waals surface area contributed by atoms with Crippen LogP contribution in [0.4, 0.5) is 0 Å². The standard InChI is InChI=1S/C21H23N3O4/c1-4-15-16(10-11-17-18(15)27-13-12-26-17)20(25)22-24-19(23-28-21(24,2)3)14-8-6-5-7-9-14/h5-11H,4,12-13H2,1-3H3,(H,22,25). The van der Waals surface area contributed by atoms with Crippen LogP contribution in [0.15, 0.2) is 47.6 Å². The molecule has 0 spiro atoms. The Morgan fingerprint density at radius 1 is 1.14 bits per heavy atom. The van der Waals surface area contributed by atoms with Gasteiger partial charge in [-0.3, -0.25) is 10.2 Å². The monoisotopic (exact) mass is 381 g/mol. The molecule has 1 N–H and O–H groups in total. The maximum absolute atomic E-state index is 13.2. The smallest absolute Gasteiger partial charge is 0.270 e. The molecule has 1 amide bonds. The summed E-state index contributed by atoms with van der Waals surface area (Å²) in [4.78, 5) is 18.7. The van der Waals surface area contributed by atoms with E-state index in [4.69, 9.17) is 14.3 Å². The molecule has 0 fully saturated rings. The van der Waals surface area contributed by atoms with Crippen LogP contribution in [0.3, 0.4) is 0 Å². The number of ether oxygens (including phenoxy) is 2. The molecule has 2 aliphatic heterocycles. The molecule has 4 rings (SSSR count). The van der Waals surface area contributed by atoms with Gasteiger partial charge in [-0.05, 0) is 32.4 Å². The molecule has 28 heavy (non-hydrogen) atoms. The van der Waals surface area contributed by atoms with Crippen molar-refractivity contribution in [2.75, 3.05) is 13.2 Å². The summed E-state index contributed by atoms with van der Waals surface area (Å²) in [5.74, 6) is 1.62. The number of hydrazine groups is 1. The summed E-state index contributed by atoms with van der Waals surface area (Å²) in [5.41, 5.74) is 4.36. The molecule has 7 heteroatoms. The number of nitrogens with one attached hydrogen (secondary N) is 1. The van der Waals surface area contributed by atoms with Crippen molar-refractivity contribution in [3.8, 4) is 11.5 Å². The first kappa shape index (κ1) is 18.2. The van der Waals surface area contributed by atoms with Crippen LogP contribution in [-0.4, -0.2) is 35.7 Å². The fourth-order valence-corrected chi connectivity index (χ4v) is 3.35. The first-order chi connectivity index (χ1) is 13.5. The van der Waals surface area contributed by atoms with E-state index in [1.807, 2.05) is 51.1 Å². The van der Waals surface area contributed by atoms with Crippen molar-refractivity contribution >= 4 is 11.7 Å². The molecular weight excluding hydrogens is 358 g/mol. The van der Waals surface area contributed by atoms with Crippen LogP contribution in [0.1, 0.15) is 42.3 Å². The molecule has 2 aromatic carbocycles. The van der Waals surface area contributed by atoms with E-state index in [0.717, 1.165) is 11.1 Å². The van der Waals surface area contributed by atoms with Crippen molar-refractivity contribution in [1.82, 2.24) is 10.4 Å². The highest BCUT2D eigenvalue weighted by atomic mass is 16.7. The van der Waals surface area contributed by atoms with Gasteiger partial charge < -0.3 is 14.3 Å². The zero-order valence-corrected chi connectivity index (χ0v) is 16.2. The van der Waals surface area contributed by atoms with E-state index in [1.165, 1.54) is 0 Å². The molecule has 2 aliphatic rings. The number of fused-ring (bicyclic) bond motifs is 1. The second-order valence-corrected chi connectivity index (χ2v) is 7.06. The molecule has 7 nitrogen and oxygen atoms in total. The van der Waals surface area contributed by atoms with Crippen LogP contribution in [0, 0.1) is 0 Å². The Hall–Kier alpha value is -3.22. The summed E-state index contributed by atoms with van der Waals surface area (Å²) < 4.78 is 11.4. The number of hydrogen-bond acceptors (Lipinski definition) is 6. The fraction of sp³-hybridized carbons (Fsp3) is 0.333. The lowest BCUT2D eigenvalue weighted by molar-refractivity contribution is -0.0824. The Kier molecular flexibility index (Phi) is 4.58. The first-order valence-corrected chi connectivity index (χ1v) is 9.35. The van der Waals surface area contributed by atoms with Gasteiger partial charge in [0.25, 0.3) is 5.91 Å². The van der Waals surface area contributed by atoms with Gasteiger partial charge in [0.15, 0.2) is 17.3 Å². The van der Waals surface area contributed by atoms with E-state index in [1.54, 1.807) is 17.1 Å². The molecule has 0 atom stereocenters. The van der Waals surface area contributed by atoms with Crippen LogP contribution in [0.25, 0.3) is 0 Å². The fourth-order valence-electron chi connectivity index (χ4n) is 3.35. The number of carbonyl (C=O) groups excluding carboxylic acids is 1. The minimum Gasteiger partial charge on any atom is -0.486 e. The molecule has 2 heterocycles. The average Bonchev–Trinajstić information content (AvgIpc) is 3.01. The molecule has 0 aromatic heterocycles. The van der Waals surface area contributed by atoms with E-state index < -0.39 is 5.72 Å². The lowest BCUT2D eigenvalue weighted by Gasteiger charge is -2.31. The number of hydrogen-bond donors (Lipinski definition) is 1. The van der Waals surface area contributed by atoms with Crippen molar-refractivity contribution in [2.45, 2.75) is 32.9 Å². The van der Waals surface area contributed by atoms with Gasteiger partial charge in [0.05, 0.1) is 0 Å². The van der Waals surface area contributed by atoms with Gasteiger partial charge in [0.2, 0.25) is 5.72 Å². The number of amidine groups is 1. The first-order valence-electron chi connectivity index (χ1n) is 9.35. The summed E-state index contributed by atoms with van der Waals surface area (Å²) in [5, 5.41) is 5.84. The van der Waals surface area contributed by atoms with Crippen molar-refractivity contribution in [1.29, 1.82) is 0 Å². The summed E-state index contributed by atoms with van der Waals surface area (Å²) in [6, 6.07) is 13.1. The zero-order chi connectivity index (χ0) is 19.7. The topological polar surface area (TPSA) is 72.4 Å². The van der Waals surface area contributed by atoms with Gasteiger partial charge in [-0.1, -0.05) is 42.4 Å². The summed E-state index contributed by atoms with van der Waals surface area (Å²) >= 11 is 0. The molecule has 2 aromatic rings. The summed E-state index contributed by atoms with van der Waals surface area (Å²) in [6.07, 6.45) is 0.648. The quantitative estimate of drug-likeness (QED) is 0.881. The SMILES string of the molecule is CCc1c(C(=O)NN2C(c3ccccc3)=NOC2(C)C)ccc2c1OCCO2. The van der Waals surface area contributed by atoms with Crippen molar-refractivity contribution in [3.63, 3.8) is 0 Å². The largest absolute Gasteiger partial charge is 0.486 e. The number of nitrogens with zero attached hydrogens (tertiary/aromatic N) is 2. The van der Waals surface area contributed by atoms with Gasteiger partial charge in [-0.25, -0.2) is 5.01 Å². The molecule has 0 aliphatic carbocycles. The van der Waals surface area contributed by atoms with Crippen LogP contribution in [-0.2, 0) is 11.3 Å². The van der Waals surface area contributed by atoms with Crippen LogP contribution in [0.5, 0.6) is 11.5 Å². The lowest BCUT2D eigenvalue weighted by atomic mass is 10.0. The minimum absolute atomic E-state index is 0.254. The van der Waals surface area contributed by atoms with Crippen molar-refractivity contribution in [3.05, 3.63) is 59.2 Å². The second kappa shape index (κ2) is 7.07. The highest BCUT2D eigenvalue weighted by Gasteiger charge is 2.40. The number of amides is 1. The van der Waals surface area contributed by atoms with Gasteiger partial charge in [0, 0.05) is 16.7 Å². The Morgan fingerprint density at radius 2 is 1.89 bits per heavy atom. The third kappa shape index (κ3) is 3.13. The maximum atomic E-state index is 13.2. The Morgan fingerprint density at radius 3 is 2.64 bits per heavy atom. The highest BCUT2D eigenvalue weighted by molar-refractivity contribution is 6.03. The minimum atomic E-state index is -0.818. The van der Waals surface area contributed by atoms with Crippen molar-refractivity contribution in [2.24, 2.45) is 5.16 Å². The van der Waals surface area contributed by atoms with E-state index in [2.05, 4.69) is 10.6 Å². The second-order valence-electron chi connectivity index (χ2n) is 7.06. The van der Waals surface area contributed by atoms with Crippen molar-refractivity contribution < 1.29 is 19.1 Å². The number of oxime groups is 1. The summed E-state index contributed by atoms with van der Waals surface area (Å²) in [7, 11) is 0. The van der Waals surface area contributed by atoms with Gasteiger partial charge >= 0.3 is 0 Å². The van der Waals surface area contributed by atoms with E-state index in [-0.39, 0.29) is 5.91 Å². The molecule has 0 bridgehead atoms. The zero-order valence-electron chi connectivity index (χ0n) is 16.2. The Bertz CT molecular complexity index is 925. The molecular formula is C21H23N3O4. The van der Waals surface area contributed by atoms with Crippen LogP contribution in [0.2, 0.25) is 0 Å². The van der Waals surface area contributed by atoms with E-state index in [9.17, 15) is 4.79 Å². The van der Waals surface area contributed by atoms with Gasteiger partial charge in [-0.2, -0.15) is 0 Å².